The average Bonchev–Trinajstić information content (AvgIpc) is 2.38. The van der Waals surface area contributed by atoms with Crippen LogP contribution in [0.4, 0.5) is 17.6 Å². The lowest BCUT2D eigenvalue weighted by molar-refractivity contribution is -0.140. The van der Waals surface area contributed by atoms with Crippen molar-refractivity contribution in [2.75, 3.05) is 13.2 Å². The third-order valence-electron chi connectivity index (χ3n) is 3.47. The van der Waals surface area contributed by atoms with E-state index >= 15 is 0 Å². The van der Waals surface area contributed by atoms with E-state index in [1.807, 2.05) is 0 Å². The molecule has 0 aromatic heterocycles. The molecule has 2 rings (SSSR count). The minimum atomic E-state index is -4.70. The van der Waals surface area contributed by atoms with Crippen LogP contribution in [0.25, 0.3) is 0 Å². The summed E-state index contributed by atoms with van der Waals surface area (Å²) >= 11 is 0. The van der Waals surface area contributed by atoms with Gasteiger partial charge in [0.15, 0.2) is 0 Å². The maximum Gasteiger partial charge on any atom is 0.419 e. The van der Waals surface area contributed by atoms with Gasteiger partial charge in [-0.2, -0.15) is 13.2 Å². The number of hydrogen-bond acceptors (Lipinski definition) is 2. The van der Waals surface area contributed by atoms with E-state index < -0.39 is 23.6 Å². The highest BCUT2D eigenvalue weighted by molar-refractivity contribution is 5.85. The Labute approximate surface area is 120 Å². The first-order chi connectivity index (χ1) is 8.91. The van der Waals surface area contributed by atoms with Crippen LogP contribution in [0.15, 0.2) is 18.2 Å². The Bertz CT molecular complexity index is 446. The Kier molecular flexibility index (Phi) is 5.79. The van der Waals surface area contributed by atoms with Crippen LogP contribution in [0.1, 0.15) is 30.0 Å². The first kappa shape index (κ1) is 17.2. The van der Waals surface area contributed by atoms with Crippen molar-refractivity contribution in [3.05, 3.63) is 35.1 Å². The zero-order valence-corrected chi connectivity index (χ0v) is 11.4. The molecule has 1 saturated heterocycles. The van der Waals surface area contributed by atoms with Gasteiger partial charge in [-0.05, 0) is 24.8 Å². The van der Waals surface area contributed by atoms with Gasteiger partial charge < -0.3 is 10.5 Å². The zero-order valence-electron chi connectivity index (χ0n) is 10.6. The van der Waals surface area contributed by atoms with Crippen LogP contribution in [0.3, 0.4) is 0 Å². The van der Waals surface area contributed by atoms with Gasteiger partial charge in [-0.3, -0.25) is 0 Å². The predicted octanol–water partition coefficient (Wildman–Crippen LogP) is 3.69. The summed E-state index contributed by atoms with van der Waals surface area (Å²) in [5.74, 6) is -1.30. The van der Waals surface area contributed by atoms with E-state index in [9.17, 15) is 17.6 Å². The summed E-state index contributed by atoms with van der Waals surface area (Å²) in [4.78, 5) is 0. The van der Waals surface area contributed by atoms with Crippen molar-refractivity contribution in [1.29, 1.82) is 0 Å². The lowest BCUT2D eigenvalue weighted by Gasteiger charge is -2.28. The van der Waals surface area contributed by atoms with Gasteiger partial charge in [0.05, 0.1) is 5.56 Å². The van der Waals surface area contributed by atoms with Crippen molar-refractivity contribution in [2.24, 2.45) is 11.7 Å². The second kappa shape index (κ2) is 6.74. The number of halogens is 5. The minimum absolute atomic E-state index is 0. The summed E-state index contributed by atoms with van der Waals surface area (Å²) in [6.07, 6.45) is -3.43. The van der Waals surface area contributed by atoms with Crippen molar-refractivity contribution in [3.8, 4) is 0 Å². The molecule has 0 amide bonds. The molecule has 0 aliphatic carbocycles. The molecule has 0 bridgehead atoms. The van der Waals surface area contributed by atoms with E-state index in [4.69, 9.17) is 10.5 Å². The first-order valence-electron chi connectivity index (χ1n) is 6.10. The zero-order chi connectivity index (χ0) is 14.0. The highest BCUT2D eigenvalue weighted by Gasteiger charge is 2.36. The van der Waals surface area contributed by atoms with Crippen LogP contribution in [-0.4, -0.2) is 13.2 Å². The third kappa shape index (κ3) is 3.62. The first-order valence-corrected chi connectivity index (χ1v) is 6.10. The molecule has 0 unspecified atom stereocenters. The molecular formula is C13H16ClF4NO. The molecule has 0 saturated carbocycles. The SMILES string of the molecule is Cl.N[C@H](c1cccc(C(F)(F)F)c1F)C1CCOCC1. The standard InChI is InChI=1S/C13H15F4NO.ClH/c14-11-9(2-1-3-10(11)13(15,16)17)12(18)8-4-6-19-7-5-8;/h1-3,8,12H,4-7,18H2;1H/t12-;/m0./s1. The summed E-state index contributed by atoms with van der Waals surface area (Å²) in [6.45, 7) is 1.03. The average molecular weight is 314 g/mol. The smallest absolute Gasteiger partial charge is 0.381 e. The Morgan fingerprint density at radius 1 is 1.20 bits per heavy atom. The van der Waals surface area contributed by atoms with Gasteiger partial charge >= 0.3 is 6.18 Å². The third-order valence-corrected chi connectivity index (χ3v) is 3.47. The molecule has 1 aliphatic heterocycles. The highest BCUT2D eigenvalue weighted by atomic mass is 35.5. The molecule has 1 aromatic carbocycles. The Morgan fingerprint density at radius 2 is 1.80 bits per heavy atom. The van der Waals surface area contributed by atoms with Crippen LogP contribution < -0.4 is 5.73 Å². The second-order valence-electron chi connectivity index (χ2n) is 4.68. The minimum Gasteiger partial charge on any atom is -0.381 e. The number of rotatable bonds is 2. The normalized spacial score (nSPS) is 18.4. The van der Waals surface area contributed by atoms with Crippen molar-refractivity contribution >= 4 is 12.4 Å². The molecule has 1 atom stereocenters. The fourth-order valence-corrected chi connectivity index (χ4v) is 2.36. The van der Waals surface area contributed by atoms with Gasteiger partial charge in [-0.15, -0.1) is 12.4 Å². The van der Waals surface area contributed by atoms with Gasteiger partial charge in [0, 0.05) is 24.8 Å². The molecular weight excluding hydrogens is 298 g/mol. The number of ether oxygens (including phenoxy) is 1. The van der Waals surface area contributed by atoms with Gasteiger partial charge in [0.25, 0.3) is 0 Å². The van der Waals surface area contributed by atoms with Crippen molar-refractivity contribution in [3.63, 3.8) is 0 Å². The monoisotopic (exact) mass is 313 g/mol. The lowest BCUT2D eigenvalue weighted by atomic mass is 9.87. The molecule has 1 heterocycles. The summed E-state index contributed by atoms with van der Waals surface area (Å²) in [6, 6.07) is 2.52. The molecule has 7 heteroatoms. The number of nitrogens with two attached hydrogens (primary N) is 1. The molecule has 1 aliphatic rings. The fraction of sp³-hybridized carbons (Fsp3) is 0.538. The molecule has 1 aromatic rings. The van der Waals surface area contributed by atoms with Gasteiger partial charge in [-0.1, -0.05) is 12.1 Å². The van der Waals surface area contributed by atoms with E-state index in [0.717, 1.165) is 6.07 Å². The van der Waals surface area contributed by atoms with Gasteiger partial charge in [0.1, 0.15) is 5.82 Å². The Hall–Kier alpha value is -0.850. The highest BCUT2D eigenvalue weighted by Crippen LogP contribution is 2.36. The summed E-state index contributed by atoms with van der Waals surface area (Å²) in [7, 11) is 0. The number of alkyl halides is 3. The maximum absolute atomic E-state index is 13.9. The van der Waals surface area contributed by atoms with Gasteiger partial charge in [0.2, 0.25) is 0 Å². The van der Waals surface area contributed by atoms with E-state index in [1.54, 1.807) is 0 Å². The van der Waals surface area contributed by atoms with Crippen molar-refractivity contribution in [2.45, 2.75) is 25.1 Å². The molecule has 0 spiro atoms. The molecule has 2 N–H and O–H groups in total. The summed E-state index contributed by atoms with van der Waals surface area (Å²) < 4.78 is 57.0. The maximum atomic E-state index is 13.9. The molecule has 1 fully saturated rings. The largest absolute Gasteiger partial charge is 0.419 e. The van der Waals surface area contributed by atoms with Crippen LogP contribution in [0.2, 0.25) is 0 Å². The quantitative estimate of drug-likeness (QED) is 0.845. The van der Waals surface area contributed by atoms with E-state index in [1.165, 1.54) is 12.1 Å². The molecule has 114 valence electrons. The van der Waals surface area contributed by atoms with E-state index in [0.29, 0.717) is 26.1 Å². The number of benzene rings is 1. The Morgan fingerprint density at radius 3 is 2.35 bits per heavy atom. The van der Waals surface area contributed by atoms with Crippen molar-refractivity contribution in [1.82, 2.24) is 0 Å². The molecule has 20 heavy (non-hydrogen) atoms. The van der Waals surface area contributed by atoms with E-state index in [-0.39, 0.29) is 23.9 Å². The van der Waals surface area contributed by atoms with E-state index in [2.05, 4.69) is 0 Å². The topological polar surface area (TPSA) is 35.2 Å². The van der Waals surface area contributed by atoms with Crippen LogP contribution >= 0.6 is 12.4 Å². The van der Waals surface area contributed by atoms with Crippen LogP contribution in [0, 0.1) is 11.7 Å². The fourth-order valence-electron chi connectivity index (χ4n) is 2.36. The van der Waals surface area contributed by atoms with Crippen LogP contribution in [0.5, 0.6) is 0 Å². The summed E-state index contributed by atoms with van der Waals surface area (Å²) in [5.41, 5.74) is 4.60. The Balaban J connectivity index is 0.00000200. The predicted molar refractivity (Wildman–Crippen MR) is 69.1 cm³/mol. The second-order valence-corrected chi connectivity index (χ2v) is 4.68. The molecule has 0 radical (unpaired) electrons. The van der Waals surface area contributed by atoms with Crippen LogP contribution in [-0.2, 0) is 10.9 Å². The van der Waals surface area contributed by atoms with Gasteiger partial charge in [-0.25, -0.2) is 4.39 Å². The lowest BCUT2D eigenvalue weighted by Crippen LogP contribution is -2.28. The van der Waals surface area contributed by atoms with Crippen molar-refractivity contribution < 1.29 is 22.3 Å². The molecule has 2 nitrogen and oxygen atoms in total. The number of hydrogen-bond donors (Lipinski definition) is 1. The summed E-state index contributed by atoms with van der Waals surface area (Å²) in [5, 5.41) is 0.